The van der Waals surface area contributed by atoms with Crippen molar-refractivity contribution in [1.29, 1.82) is 5.26 Å². The Morgan fingerprint density at radius 2 is 1.25 bits per heavy atom. The van der Waals surface area contributed by atoms with Gasteiger partial charge in [-0.1, -0.05) is 19.0 Å². The summed E-state index contributed by atoms with van der Waals surface area (Å²) in [7, 11) is 0. The minimum absolute atomic E-state index is 0. The van der Waals surface area contributed by atoms with Crippen LogP contribution in [0.4, 0.5) is 23.0 Å². The SMILES string of the molecule is C.CC1(C)NC(=O)c2c(C#N)cc(Nc3ccncn3)c(=O)n21.CC1(C)NC(=O)c2c(Cl)cc(Nc3ccncn3)c(=O)n21. The summed E-state index contributed by atoms with van der Waals surface area (Å²) in [5, 5.41) is 20.6. The Kier molecular flexibility index (Phi) is 8.24. The predicted molar refractivity (Wildman–Crippen MR) is 162 cm³/mol. The van der Waals surface area contributed by atoms with E-state index in [-0.39, 0.29) is 52.2 Å². The summed E-state index contributed by atoms with van der Waals surface area (Å²) in [4.78, 5) is 64.8. The second-order valence-corrected chi connectivity index (χ2v) is 10.8. The molecule has 4 aromatic heterocycles. The molecule has 226 valence electrons. The highest BCUT2D eigenvalue weighted by molar-refractivity contribution is 6.34. The number of nitriles is 1. The van der Waals surface area contributed by atoms with Gasteiger partial charge in [0.05, 0.1) is 10.6 Å². The molecule has 0 bridgehead atoms. The largest absolute Gasteiger partial charge is 0.336 e. The highest BCUT2D eigenvalue weighted by atomic mass is 35.5. The van der Waals surface area contributed by atoms with Gasteiger partial charge in [0.15, 0.2) is 0 Å². The molecule has 2 aliphatic rings. The predicted octanol–water partition coefficient (Wildman–Crippen LogP) is 2.80. The van der Waals surface area contributed by atoms with Gasteiger partial charge >= 0.3 is 0 Å². The Hall–Kier alpha value is -5.62. The molecule has 2 aliphatic heterocycles. The molecule has 6 heterocycles. The quantitative estimate of drug-likeness (QED) is 0.262. The molecule has 6 rings (SSSR count). The van der Waals surface area contributed by atoms with Crippen LogP contribution in [0.2, 0.25) is 5.02 Å². The zero-order valence-electron chi connectivity index (χ0n) is 23.3. The summed E-state index contributed by atoms with van der Waals surface area (Å²) >= 11 is 6.14. The average Bonchev–Trinajstić information content (AvgIpc) is 3.36. The van der Waals surface area contributed by atoms with Crippen LogP contribution in [0.1, 0.15) is 61.7 Å². The molecule has 0 fully saturated rings. The third kappa shape index (κ3) is 5.57. The van der Waals surface area contributed by atoms with Crippen LogP contribution in [-0.4, -0.2) is 40.9 Å². The fraction of sp³-hybridized carbons (Fsp3) is 0.250. The van der Waals surface area contributed by atoms with Gasteiger partial charge in [-0.25, -0.2) is 19.9 Å². The summed E-state index contributed by atoms with van der Waals surface area (Å²) in [6.07, 6.45) is 5.79. The number of fused-ring (bicyclic) bond motifs is 2. The Morgan fingerprint density at radius 1 is 0.795 bits per heavy atom. The molecule has 0 atom stereocenters. The molecule has 0 spiro atoms. The van der Waals surface area contributed by atoms with E-state index < -0.39 is 22.8 Å². The van der Waals surface area contributed by atoms with Crippen LogP contribution in [0.15, 0.2) is 58.9 Å². The van der Waals surface area contributed by atoms with E-state index in [0.717, 1.165) is 0 Å². The fourth-order valence-electron chi connectivity index (χ4n) is 4.76. The number of carbonyl (C=O) groups is 2. The van der Waals surface area contributed by atoms with E-state index >= 15 is 0 Å². The Morgan fingerprint density at radius 3 is 1.70 bits per heavy atom. The van der Waals surface area contributed by atoms with E-state index in [2.05, 4.69) is 41.2 Å². The monoisotopic (exact) mass is 617 g/mol. The van der Waals surface area contributed by atoms with Gasteiger partial charge in [-0.05, 0) is 52.0 Å². The van der Waals surface area contributed by atoms with Crippen LogP contribution >= 0.6 is 11.6 Å². The smallest absolute Gasteiger partial charge is 0.276 e. The molecule has 0 aromatic carbocycles. The van der Waals surface area contributed by atoms with Crippen molar-refractivity contribution < 1.29 is 9.59 Å². The minimum Gasteiger partial charge on any atom is -0.336 e. The van der Waals surface area contributed by atoms with Crippen molar-refractivity contribution in [3.05, 3.63) is 92.0 Å². The topological polar surface area (TPSA) is 202 Å². The number of amides is 2. The number of aromatic nitrogens is 6. The van der Waals surface area contributed by atoms with Crippen LogP contribution < -0.4 is 32.4 Å². The van der Waals surface area contributed by atoms with Gasteiger partial charge in [-0.3, -0.25) is 28.3 Å². The number of hydrogen-bond donors (Lipinski definition) is 4. The third-order valence-corrected chi connectivity index (χ3v) is 6.84. The van der Waals surface area contributed by atoms with E-state index in [0.29, 0.717) is 11.6 Å². The maximum atomic E-state index is 12.6. The first-order chi connectivity index (χ1) is 20.3. The molecule has 0 unspecified atom stereocenters. The molecule has 44 heavy (non-hydrogen) atoms. The third-order valence-electron chi connectivity index (χ3n) is 6.55. The van der Waals surface area contributed by atoms with Crippen LogP contribution in [0.3, 0.4) is 0 Å². The van der Waals surface area contributed by atoms with Crippen LogP contribution in [0.5, 0.6) is 0 Å². The molecular formula is C28H28ClN11O4. The van der Waals surface area contributed by atoms with Gasteiger partial charge in [-0.2, -0.15) is 5.26 Å². The van der Waals surface area contributed by atoms with E-state index in [1.807, 2.05) is 6.07 Å². The van der Waals surface area contributed by atoms with Crippen molar-refractivity contribution in [1.82, 2.24) is 39.7 Å². The first kappa shape index (κ1) is 31.3. The lowest BCUT2D eigenvalue weighted by Crippen LogP contribution is -2.42. The summed E-state index contributed by atoms with van der Waals surface area (Å²) in [5.74, 6) is 0.0864. The lowest BCUT2D eigenvalue weighted by Gasteiger charge is -2.22. The Labute approximate surface area is 256 Å². The molecule has 4 N–H and O–H groups in total. The lowest BCUT2D eigenvalue weighted by atomic mass is 10.1. The van der Waals surface area contributed by atoms with Crippen molar-refractivity contribution >= 4 is 46.4 Å². The van der Waals surface area contributed by atoms with Crippen molar-refractivity contribution in [2.45, 2.75) is 46.4 Å². The number of pyridine rings is 2. The van der Waals surface area contributed by atoms with Gasteiger partial charge in [0.25, 0.3) is 22.9 Å². The zero-order chi connectivity index (χ0) is 31.1. The van der Waals surface area contributed by atoms with Crippen LogP contribution in [-0.2, 0) is 11.3 Å². The number of anilines is 4. The number of hydrogen-bond acceptors (Lipinski definition) is 11. The Balaban J connectivity index is 0.000000197. The maximum Gasteiger partial charge on any atom is 0.276 e. The summed E-state index contributed by atoms with van der Waals surface area (Å²) in [6.45, 7) is 6.85. The van der Waals surface area contributed by atoms with Gasteiger partial charge in [-0.15, -0.1) is 0 Å². The lowest BCUT2D eigenvalue weighted by molar-refractivity contribution is 0.0925. The molecule has 16 heteroatoms. The number of nitrogens with one attached hydrogen (secondary N) is 4. The van der Waals surface area contributed by atoms with Crippen molar-refractivity contribution in [3.63, 3.8) is 0 Å². The Bertz CT molecular complexity index is 1930. The van der Waals surface area contributed by atoms with Gasteiger partial charge in [0.2, 0.25) is 0 Å². The van der Waals surface area contributed by atoms with Gasteiger partial charge < -0.3 is 21.3 Å². The molecule has 4 aromatic rings. The highest BCUT2D eigenvalue weighted by Crippen LogP contribution is 2.28. The molecule has 2 amide bonds. The van der Waals surface area contributed by atoms with Crippen molar-refractivity contribution in [3.8, 4) is 6.07 Å². The summed E-state index contributed by atoms with van der Waals surface area (Å²) in [6, 6.07) is 7.96. The first-order valence-corrected chi connectivity index (χ1v) is 13.1. The highest BCUT2D eigenvalue weighted by Gasteiger charge is 2.39. The average molecular weight is 618 g/mol. The molecule has 0 aliphatic carbocycles. The number of nitrogens with zero attached hydrogens (tertiary/aromatic N) is 7. The van der Waals surface area contributed by atoms with Crippen LogP contribution in [0.25, 0.3) is 0 Å². The fourth-order valence-corrected chi connectivity index (χ4v) is 5.04. The number of rotatable bonds is 4. The molecular weight excluding hydrogens is 590 g/mol. The van der Waals surface area contributed by atoms with Gasteiger partial charge in [0, 0.05) is 12.4 Å². The van der Waals surface area contributed by atoms with E-state index in [9.17, 15) is 24.4 Å². The number of carbonyl (C=O) groups excluding carboxylic acids is 2. The van der Waals surface area contributed by atoms with Crippen molar-refractivity contribution in [2.24, 2.45) is 0 Å². The van der Waals surface area contributed by atoms with Crippen molar-refractivity contribution in [2.75, 3.05) is 10.6 Å². The normalized spacial score (nSPS) is 14.8. The summed E-state index contributed by atoms with van der Waals surface area (Å²) < 4.78 is 2.64. The van der Waals surface area contributed by atoms with E-state index in [4.69, 9.17) is 11.6 Å². The molecule has 0 saturated heterocycles. The second-order valence-electron chi connectivity index (χ2n) is 10.4. The minimum atomic E-state index is -0.904. The summed E-state index contributed by atoms with van der Waals surface area (Å²) in [5.41, 5.74) is -1.72. The van der Waals surface area contributed by atoms with E-state index in [1.54, 1.807) is 46.0 Å². The van der Waals surface area contributed by atoms with E-state index in [1.165, 1.54) is 40.1 Å². The molecule has 0 saturated carbocycles. The number of halogens is 1. The standard InChI is InChI=1S/C14H12N6O2.C13H12ClN5O2.CH4/c1-14(2)19-12(21)11-8(6-15)5-9(13(22)20(11)14)18-10-3-4-16-7-17-10;1-13(2)18-11(20)10-7(14)5-8(12(21)19(10)13)17-9-3-4-15-6-16-9;/h3-5,7H,1-2H3,(H,19,21)(H,16,17,18);3-6H,1-2H3,(H,18,20)(H,15,16,17);1H4. The molecule has 0 radical (unpaired) electrons. The second kappa shape index (κ2) is 11.6. The molecule has 15 nitrogen and oxygen atoms in total. The zero-order valence-corrected chi connectivity index (χ0v) is 24.0. The van der Waals surface area contributed by atoms with Gasteiger partial charge in [0.1, 0.15) is 64.4 Å². The first-order valence-electron chi connectivity index (χ1n) is 12.7. The maximum absolute atomic E-state index is 12.6. The van der Waals surface area contributed by atoms with Crippen LogP contribution in [0, 0.1) is 11.3 Å².